The van der Waals surface area contributed by atoms with E-state index in [2.05, 4.69) is 19.8 Å². The molecule has 1 aliphatic heterocycles. The van der Waals surface area contributed by atoms with Gasteiger partial charge >= 0.3 is 12.4 Å². The summed E-state index contributed by atoms with van der Waals surface area (Å²) in [5, 5.41) is 3.92. The van der Waals surface area contributed by atoms with Gasteiger partial charge in [0.25, 0.3) is 0 Å². The molecule has 2 amide bonds. The summed E-state index contributed by atoms with van der Waals surface area (Å²) < 4.78 is 76.1. The van der Waals surface area contributed by atoms with Gasteiger partial charge in [-0.05, 0) is 18.2 Å². The van der Waals surface area contributed by atoms with E-state index >= 15 is 0 Å². The zero-order valence-corrected chi connectivity index (χ0v) is 16.9. The molecule has 4 N–H and O–H groups in total. The number of carbonyl (C=O) groups is 1. The largest absolute Gasteiger partial charge is 0.573 e. The fourth-order valence-corrected chi connectivity index (χ4v) is 3.46. The normalized spacial score (nSPS) is 17.9. The molecule has 4 rings (SSSR count). The number of nitrogens with two attached hydrogens (primary N) is 2. The van der Waals surface area contributed by atoms with Crippen molar-refractivity contribution < 1.29 is 40.5 Å². The fraction of sp³-hybridized carbons (Fsp3) is 0.100. The van der Waals surface area contributed by atoms with Gasteiger partial charge in [-0.2, -0.15) is 0 Å². The third-order valence-electron chi connectivity index (χ3n) is 4.88. The first-order valence-electron chi connectivity index (χ1n) is 9.34. The van der Waals surface area contributed by atoms with Crippen LogP contribution in [0.15, 0.2) is 58.3 Å². The Hall–Kier alpha value is -4.33. The summed E-state index contributed by atoms with van der Waals surface area (Å²) in [6.45, 7) is -0.850. The number of primary amides is 1. The standard InChI is InChI=1S/C20H13F5N6O3/c21-13-6-28-7-14(22)12(13)9-31(19(27)32)17(15(26)8-30-31)11-5-10(18-29-3-4-33-18)1-2-16(11)34-20(23,24)25/h1-8H,9,26H2,(H-,27,32)/p+1. The second-order valence-corrected chi connectivity index (χ2v) is 6.99. The Bertz CT molecular complexity index is 1300. The van der Waals surface area contributed by atoms with Crippen molar-refractivity contribution in [1.29, 1.82) is 0 Å². The summed E-state index contributed by atoms with van der Waals surface area (Å²) >= 11 is 0. The SMILES string of the molecule is NC(=O)[N+]1(Cc2c(F)cncc2F)N=CC(N)=C1c1cc(-c2ncco2)ccc1OC(F)(F)F. The number of urea groups is 1. The van der Waals surface area contributed by atoms with Crippen molar-refractivity contribution in [3.05, 3.63) is 71.5 Å². The van der Waals surface area contributed by atoms with Crippen molar-refractivity contribution >= 4 is 17.9 Å². The summed E-state index contributed by atoms with van der Waals surface area (Å²) in [5.74, 6) is -3.00. The third kappa shape index (κ3) is 4.05. The number of alkyl halides is 3. The van der Waals surface area contributed by atoms with Gasteiger partial charge in [0, 0.05) is 5.56 Å². The molecular formula is C20H14F5N6O3+. The van der Waals surface area contributed by atoms with Gasteiger partial charge in [-0.25, -0.2) is 18.6 Å². The lowest BCUT2D eigenvalue weighted by Gasteiger charge is -2.28. The summed E-state index contributed by atoms with van der Waals surface area (Å²) in [6, 6.07) is 2.05. The number of rotatable bonds is 5. The van der Waals surface area contributed by atoms with E-state index in [1.165, 1.54) is 18.5 Å². The molecule has 176 valence electrons. The molecule has 34 heavy (non-hydrogen) atoms. The highest BCUT2D eigenvalue weighted by Crippen LogP contribution is 2.43. The van der Waals surface area contributed by atoms with Crippen molar-refractivity contribution in [1.82, 2.24) is 9.97 Å². The van der Waals surface area contributed by atoms with E-state index in [-0.39, 0.29) is 22.7 Å². The van der Waals surface area contributed by atoms with Gasteiger partial charge in [-0.15, -0.1) is 13.2 Å². The topological polar surface area (TPSA) is 130 Å². The minimum atomic E-state index is -5.13. The number of benzene rings is 1. The number of oxazole rings is 1. The number of pyridine rings is 1. The third-order valence-corrected chi connectivity index (χ3v) is 4.88. The molecule has 0 spiro atoms. The molecule has 2 aromatic heterocycles. The van der Waals surface area contributed by atoms with Crippen LogP contribution in [0.2, 0.25) is 0 Å². The molecule has 1 aliphatic rings. The maximum atomic E-state index is 14.4. The van der Waals surface area contributed by atoms with Crippen LogP contribution in [0.3, 0.4) is 0 Å². The molecule has 1 atom stereocenters. The molecule has 14 heteroatoms. The van der Waals surface area contributed by atoms with Crippen LogP contribution < -0.4 is 16.2 Å². The first kappa shape index (κ1) is 22.8. The molecule has 3 aromatic rings. The number of amides is 2. The Balaban J connectivity index is 1.94. The number of hydrogen-bond donors (Lipinski definition) is 2. The number of nitrogens with zero attached hydrogens (tertiary/aromatic N) is 4. The van der Waals surface area contributed by atoms with E-state index in [1.54, 1.807) is 0 Å². The van der Waals surface area contributed by atoms with E-state index in [1.807, 2.05) is 0 Å². The van der Waals surface area contributed by atoms with Crippen molar-refractivity contribution in [2.75, 3.05) is 0 Å². The number of quaternary nitrogens is 1. The average molecular weight is 481 g/mol. The highest BCUT2D eigenvalue weighted by molar-refractivity contribution is 5.95. The summed E-state index contributed by atoms with van der Waals surface area (Å²) in [4.78, 5) is 19.9. The van der Waals surface area contributed by atoms with Gasteiger partial charge in [0.15, 0.2) is 11.6 Å². The molecule has 9 nitrogen and oxygen atoms in total. The van der Waals surface area contributed by atoms with Crippen LogP contribution in [0.1, 0.15) is 11.1 Å². The average Bonchev–Trinajstić information content (AvgIpc) is 3.39. The van der Waals surface area contributed by atoms with Gasteiger partial charge in [0.05, 0.1) is 29.7 Å². The number of aromatic nitrogens is 2. The van der Waals surface area contributed by atoms with Crippen LogP contribution in [-0.2, 0) is 6.54 Å². The Morgan fingerprint density at radius 1 is 1.18 bits per heavy atom. The van der Waals surface area contributed by atoms with Gasteiger partial charge in [0.1, 0.15) is 30.5 Å². The van der Waals surface area contributed by atoms with E-state index in [0.29, 0.717) is 12.4 Å². The maximum absolute atomic E-state index is 14.4. The lowest BCUT2D eigenvalue weighted by molar-refractivity contribution is -0.795. The lowest BCUT2D eigenvalue weighted by Crippen LogP contribution is -2.48. The predicted molar refractivity (Wildman–Crippen MR) is 106 cm³/mol. The van der Waals surface area contributed by atoms with Crippen molar-refractivity contribution in [2.45, 2.75) is 12.9 Å². The summed E-state index contributed by atoms with van der Waals surface area (Å²) in [5.41, 5.74) is 10.0. The molecular weight excluding hydrogens is 467 g/mol. The van der Waals surface area contributed by atoms with Crippen LogP contribution >= 0.6 is 0 Å². The molecule has 1 aromatic carbocycles. The first-order chi connectivity index (χ1) is 16.0. The van der Waals surface area contributed by atoms with Crippen LogP contribution in [0.25, 0.3) is 17.2 Å². The number of hydrogen-bond acceptors (Lipinski definition) is 7. The quantitative estimate of drug-likeness (QED) is 0.423. The molecule has 3 heterocycles. The van der Waals surface area contributed by atoms with Crippen LogP contribution in [-0.4, -0.2) is 33.2 Å². The van der Waals surface area contributed by atoms with Crippen LogP contribution in [0.5, 0.6) is 5.75 Å². The lowest BCUT2D eigenvalue weighted by atomic mass is 10.0. The zero-order chi connectivity index (χ0) is 24.7. The summed E-state index contributed by atoms with van der Waals surface area (Å²) in [7, 11) is 0. The minimum absolute atomic E-state index is 0.0290. The van der Waals surface area contributed by atoms with Crippen molar-refractivity contribution in [2.24, 2.45) is 16.6 Å². The van der Waals surface area contributed by atoms with Gasteiger partial charge in [-0.1, -0.05) is 9.69 Å². The number of allylic oxidation sites excluding steroid dienone is 1. The molecule has 0 aliphatic carbocycles. The van der Waals surface area contributed by atoms with Gasteiger partial charge in [0.2, 0.25) is 11.6 Å². The molecule has 1 unspecified atom stereocenters. The van der Waals surface area contributed by atoms with E-state index < -0.39 is 52.2 Å². The van der Waals surface area contributed by atoms with Crippen LogP contribution in [0.4, 0.5) is 26.7 Å². The molecule has 0 radical (unpaired) electrons. The second-order valence-electron chi connectivity index (χ2n) is 6.99. The van der Waals surface area contributed by atoms with E-state index in [4.69, 9.17) is 15.9 Å². The number of ether oxygens (including phenoxy) is 1. The highest BCUT2D eigenvalue weighted by Gasteiger charge is 2.49. The van der Waals surface area contributed by atoms with Crippen molar-refractivity contribution in [3.8, 4) is 17.2 Å². The monoisotopic (exact) mass is 481 g/mol. The maximum Gasteiger partial charge on any atom is 0.573 e. The Labute approximate surface area is 187 Å². The van der Waals surface area contributed by atoms with Crippen molar-refractivity contribution in [3.63, 3.8) is 0 Å². The molecule has 0 fully saturated rings. The van der Waals surface area contributed by atoms with Gasteiger partial charge < -0.3 is 20.6 Å². The molecule has 0 bridgehead atoms. The first-order valence-corrected chi connectivity index (χ1v) is 9.34. The Morgan fingerprint density at radius 2 is 1.88 bits per heavy atom. The Morgan fingerprint density at radius 3 is 2.47 bits per heavy atom. The molecule has 0 saturated heterocycles. The highest BCUT2D eigenvalue weighted by atomic mass is 19.4. The molecule has 0 saturated carbocycles. The van der Waals surface area contributed by atoms with E-state index in [9.17, 15) is 26.7 Å². The van der Waals surface area contributed by atoms with Crippen LogP contribution in [0, 0.1) is 11.6 Å². The predicted octanol–water partition coefficient (Wildman–Crippen LogP) is 3.64. The smallest absolute Gasteiger partial charge is 0.445 e. The number of carbonyl (C=O) groups excluding carboxylic acids is 1. The number of halogens is 5. The summed E-state index contributed by atoms with van der Waals surface area (Å²) in [6.07, 6.45) is -0.236. The minimum Gasteiger partial charge on any atom is -0.445 e. The van der Waals surface area contributed by atoms with Gasteiger partial charge in [-0.3, -0.25) is 4.98 Å². The van der Waals surface area contributed by atoms with E-state index in [0.717, 1.165) is 18.3 Å². The second kappa shape index (κ2) is 8.22. The Kier molecular flexibility index (Phi) is 5.53. The fourth-order valence-electron chi connectivity index (χ4n) is 3.46. The zero-order valence-electron chi connectivity index (χ0n) is 16.9.